The van der Waals surface area contributed by atoms with Gasteiger partial charge >= 0.3 is 5.97 Å². The van der Waals surface area contributed by atoms with E-state index in [2.05, 4.69) is 13.8 Å². The second-order valence-electron chi connectivity index (χ2n) is 6.93. The maximum absolute atomic E-state index is 11.0. The molecule has 0 aliphatic heterocycles. The van der Waals surface area contributed by atoms with Crippen LogP contribution in [0, 0.1) is 5.92 Å². The zero-order chi connectivity index (χ0) is 16.5. The fourth-order valence-corrected chi connectivity index (χ4v) is 3.20. The summed E-state index contributed by atoms with van der Waals surface area (Å²) in [6.45, 7) is 4.48. The van der Waals surface area contributed by atoms with Gasteiger partial charge in [0.25, 0.3) is 0 Å². The van der Waals surface area contributed by atoms with Crippen molar-refractivity contribution in [3.63, 3.8) is 0 Å². The smallest absolute Gasteiger partial charge is 0.303 e. The van der Waals surface area contributed by atoms with Gasteiger partial charge in [-0.15, -0.1) is 0 Å². The van der Waals surface area contributed by atoms with Crippen LogP contribution in [-0.4, -0.2) is 11.1 Å². The molecule has 0 heterocycles. The first-order valence-corrected chi connectivity index (χ1v) is 9.92. The number of hydrogen-bond acceptors (Lipinski definition) is 1. The summed E-state index contributed by atoms with van der Waals surface area (Å²) in [6, 6.07) is 0. The molecule has 0 spiro atoms. The van der Waals surface area contributed by atoms with E-state index in [1.165, 1.54) is 83.5 Å². The van der Waals surface area contributed by atoms with Crippen molar-refractivity contribution in [2.24, 2.45) is 5.92 Å². The molecule has 0 aromatic heterocycles. The zero-order valence-corrected chi connectivity index (χ0v) is 15.2. The quantitative estimate of drug-likeness (QED) is 0.294. The van der Waals surface area contributed by atoms with Crippen molar-refractivity contribution in [2.75, 3.05) is 0 Å². The second kappa shape index (κ2) is 16.8. The zero-order valence-electron chi connectivity index (χ0n) is 15.2. The first-order valence-electron chi connectivity index (χ1n) is 9.92. The Morgan fingerprint density at radius 1 is 0.682 bits per heavy atom. The third kappa shape index (κ3) is 15.9. The molecule has 0 aromatic rings. The Morgan fingerprint density at radius 3 is 1.45 bits per heavy atom. The van der Waals surface area contributed by atoms with Crippen molar-refractivity contribution < 1.29 is 9.90 Å². The van der Waals surface area contributed by atoms with Crippen molar-refractivity contribution >= 4 is 5.97 Å². The minimum absolute atomic E-state index is 0.378. The van der Waals surface area contributed by atoms with Crippen LogP contribution in [0.15, 0.2) is 0 Å². The molecule has 0 saturated heterocycles. The molecule has 132 valence electrons. The van der Waals surface area contributed by atoms with Crippen molar-refractivity contribution in [1.29, 1.82) is 0 Å². The highest BCUT2D eigenvalue weighted by Gasteiger charge is 2.12. The third-order valence-corrected chi connectivity index (χ3v) is 4.65. The summed E-state index contributed by atoms with van der Waals surface area (Å²) in [5.74, 6) is -0.199. The summed E-state index contributed by atoms with van der Waals surface area (Å²) in [4.78, 5) is 11.0. The molecule has 22 heavy (non-hydrogen) atoms. The van der Waals surface area contributed by atoms with Gasteiger partial charge < -0.3 is 5.11 Å². The lowest BCUT2D eigenvalue weighted by molar-refractivity contribution is -0.138. The first-order chi connectivity index (χ1) is 10.7. The Morgan fingerprint density at radius 2 is 1.05 bits per heavy atom. The monoisotopic (exact) mass is 312 g/mol. The highest BCUT2D eigenvalue weighted by molar-refractivity contribution is 5.66. The molecule has 0 radical (unpaired) electrons. The molecular weight excluding hydrogens is 272 g/mol. The van der Waals surface area contributed by atoms with Gasteiger partial charge in [0.15, 0.2) is 0 Å². The number of rotatable bonds is 17. The van der Waals surface area contributed by atoms with E-state index >= 15 is 0 Å². The largest absolute Gasteiger partial charge is 0.481 e. The van der Waals surface area contributed by atoms with Gasteiger partial charge in [-0.1, -0.05) is 97.3 Å². The van der Waals surface area contributed by atoms with E-state index in [1.54, 1.807) is 0 Å². The molecular formula is C20H40O2. The van der Waals surface area contributed by atoms with Gasteiger partial charge in [-0.25, -0.2) is 0 Å². The molecule has 0 aromatic carbocycles. The van der Waals surface area contributed by atoms with Crippen LogP contribution in [0.2, 0.25) is 0 Å². The summed E-state index contributed by atoms with van der Waals surface area (Å²) in [5, 5.41) is 9.03. The third-order valence-electron chi connectivity index (χ3n) is 4.65. The normalized spacial score (nSPS) is 12.5. The van der Waals surface area contributed by atoms with Crippen LogP contribution in [0.1, 0.15) is 117 Å². The molecule has 0 saturated carbocycles. The first kappa shape index (κ1) is 21.5. The standard InChI is InChI=1S/C20H40O2/c1-3-5-7-9-10-11-12-13-15-17-19(18-20(21)22)16-14-8-6-4-2/h19H,3-18H2,1-2H3,(H,21,22). The minimum Gasteiger partial charge on any atom is -0.481 e. The number of carboxylic acid groups (broad SMARTS) is 1. The van der Waals surface area contributed by atoms with Gasteiger partial charge in [0, 0.05) is 6.42 Å². The maximum atomic E-state index is 11.0. The van der Waals surface area contributed by atoms with E-state index in [-0.39, 0.29) is 0 Å². The van der Waals surface area contributed by atoms with Crippen molar-refractivity contribution in [2.45, 2.75) is 117 Å². The Bertz CT molecular complexity index is 238. The molecule has 0 aliphatic rings. The fourth-order valence-electron chi connectivity index (χ4n) is 3.20. The minimum atomic E-state index is -0.614. The summed E-state index contributed by atoms with van der Waals surface area (Å²) in [5.41, 5.74) is 0. The van der Waals surface area contributed by atoms with Gasteiger partial charge in [-0.2, -0.15) is 0 Å². The van der Waals surface area contributed by atoms with Crippen LogP contribution in [-0.2, 0) is 4.79 Å². The molecule has 2 heteroatoms. The maximum Gasteiger partial charge on any atom is 0.303 e. The topological polar surface area (TPSA) is 37.3 Å². The van der Waals surface area contributed by atoms with Crippen molar-refractivity contribution in [3.05, 3.63) is 0 Å². The van der Waals surface area contributed by atoms with E-state index in [0.717, 1.165) is 12.8 Å². The molecule has 0 rings (SSSR count). The van der Waals surface area contributed by atoms with Crippen LogP contribution >= 0.6 is 0 Å². The molecule has 2 nitrogen and oxygen atoms in total. The molecule has 1 atom stereocenters. The molecule has 0 aliphatic carbocycles. The number of hydrogen-bond donors (Lipinski definition) is 1. The Labute approximate surface area is 139 Å². The van der Waals surface area contributed by atoms with Gasteiger partial charge in [-0.3, -0.25) is 4.79 Å². The number of carboxylic acids is 1. The van der Waals surface area contributed by atoms with Gasteiger partial charge in [0.05, 0.1) is 0 Å². The Hall–Kier alpha value is -0.530. The summed E-state index contributed by atoms with van der Waals surface area (Å²) < 4.78 is 0. The van der Waals surface area contributed by atoms with Crippen LogP contribution in [0.25, 0.3) is 0 Å². The average Bonchev–Trinajstić information content (AvgIpc) is 2.49. The SMILES string of the molecule is CCCCCCCCCCCC(CCCCCC)CC(=O)O. The van der Waals surface area contributed by atoms with E-state index in [4.69, 9.17) is 5.11 Å². The van der Waals surface area contributed by atoms with E-state index in [1.807, 2.05) is 0 Å². The van der Waals surface area contributed by atoms with Crippen LogP contribution in [0.5, 0.6) is 0 Å². The van der Waals surface area contributed by atoms with Gasteiger partial charge in [0.2, 0.25) is 0 Å². The number of aliphatic carboxylic acids is 1. The number of carbonyl (C=O) groups is 1. The molecule has 0 bridgehead atoms. The lowest BCUT2D eigenvalue weighted by atomic mass is 9.91. The lowest BCUT2D eigenvalue weighted by Gasteiger charge is -2.14. The van der Waals surface area contributed by atoms with Crippen LogP contribution in [0.4, 0.5) is 0 Å². The van der Waals surface area contributed by atoms with Crippen LogP contribution < -0.4 is 0 Å². The van der Waals surface area contributed by atoms with E-state index in [9.17, 15) is 4.79 Å². The molecule has 1 N–H and O–H groups in total. The molecule has 0 amide bonds. The highest BCUT2D eigenvalue weighted by Crippen LogP contribution is 2.22. The van der Waals surface area contributed by atoms with Crippen molar-refractivity contribution in [3.8, 4) is 0 Å². The summed E-state index contributed by atoms with van der Waals surface area (Å²) in [7, 11) is 0. The van der Waals surface area contributed by atoms with Crippen LogP contribution in [0.3, 0.4) is 0 Å². The van der Waals surface area contributed by atoms with E-state index in [0.29, 0.717) is 12.3 Å². The van der Waals surface area contributed by atoms with Gasteiger partial charge in [0.1, 0.15) is 0 Å². The predicted molar refractivity (Wildman–Crippen MR) is 96.3 cm³/mol. The lowest BCUT2D eigenvalue weighted by Crippen LogP contribution is -2.08. The van der Waals surface area contributed by atoms with Gasteiger partial charge in [-0.05, 0) is 18.8 Å². The highest BCUT2D eigenvalue weighted by atomic mass is 16.4. The summed E-state index contributed by atoms with van der Waals surface area (Å²) >= 11 is 0. The predicted octanol–water partition coefficient (Wildman–Crippen LogP) is 6.97. The number of unbranched alkanes of at least 4 members (excludes halogenated alkanes) is 11. The average molecular weight is 313 g/mol. The van der Waals surface area contributed by atoms with Crippen molar-refractivity contribution in [1.82, 2.24) is 0 Å². The fraction of sp³-hybridized carbons (Fsp3) is 0.950. The summed E-state index contributed by atoms with van der Waals surface area (Å²) in [6.07, 6.45) is 19.7. The second-order valence-corrected chi connectivity index (χ2v) is 6.93. The Kier molecular flexibility index (Phi) is 16.4. The Balaban J connectivity index is 3.55. The molecule has 1 unspecified atom stereocenters. The van der Waals surface area contributed by atoms with E-state index < -0.39 is 5.97 Å². The molecule has 0 fully saturated rings.